The lowest BCUT2D eigenvalue weighted by Gasteiger charge is -2.42. The minimum Gasteiger partial charge on any atom is -0.377 e. The number of nitrogens with one attached hydrogen (secondary N) is 1. The Kier molecular flexibility index (Phi) is 6.11. The quantitative estimate of drug-likeness (QED) is 0.801. The molecule has 3 nitrogen and oxygen atoms in total. The highest BCUT2D eigenvalue weighted by atomic mass is 16.5. The van der Waals surface area contributed by atoms with Crippen molar-refractivity contribution < 1.29 is 4.74 Å². The molecule has 1 N–H and O–H groups in total. The second-order valence-corrected chi connectivity index (χ2v) is 6.39. The summed E-state index contributed by atoms with van der Waals surface area (Å²) < 4.78 is 5.80. The topological polar surface area (TPSA) is 24.5 Å². The third-order valence-electron chi connectivity index (χ3n) is 5.05. The molecule has 0 bridgehead atoms. The average molecular weight is 268 g/mol. The standard InChI is InChI=1S/C16H32N2O/c1-4-13-8-9-15(17-5-2)16(11-13)18(3)12-14-7-6-10-19-14/h13-17H,4-12H2,1-3H3. The molecule has 2 fully saturated rings. The van der Waals surface area contributed by atoms with E-state index in [9.17, 15) is 0 Å². The summed E-state index contributed by atoms with van der Waals surface area (Å²) in [6, 6.07) is 1.38. The summed E-state index contributed by atoms with van der Waals surface area (Å²) in [4.78, 5) is 2.57. The third-order valence-corrected chi connectivity index (χ3v) is 5.05. The van der Waals surface area contributed by atoms with E-state index in [1.807, 2.05) is 0 Å². The van der Waals surface area contributed by atoms with E-state index in [0.717, 1.165) is 25.6 Å². The molecule has 2 rings (SSSR count). The molecule has 4 atom stereocenters. The molecule has 1 heterocycles. The molecule has 3 heteroatoms. The van der Waals surface area contributed by atoms with Crippen LogP contribution in [0.5, 0.6) is 0 Å². The predicted octanol–water partition coefficient (Wildman–Crippen LogP) is 2.65. The van der Waals surface area contributed by atoms with Gasteiger partial charge in [-0.3, -0.25) is 4.90 Å². The molecule has 19 heavy (non-hydrogen) atoms. The summed E-state index contributed by atoms with van der Waals surface area (Å²) >= 11 is 0. The first-order chi connectivity index (χ1) is 9.24. The van der Waals surface area contributed by atoms with E-state index >= 15 is 0 Å². The van der Waals surface area contributed by atoms with Gasteiger partial charge in [0.05, 0.1) is 6.10 Å². The van der Waals surface area contributed by atoms with Crippen molar-refractivity contribution >= 4 is 0 Å². The molecule has 4 unspecified atom stereocenters. The van der Waals surface area contributed by atoms with Crippen molar-refractivity contribution in [3.8, 4) is 0 Å². The van der Waals surface area contributed by atoms with Crippen molar-refractivity contribution in [2.45, 2.75) is 70.6 Å². The maximum absolute atomic E-state index is 5.80. The first kappa shape index (κ1) is 15.3. The first-order valence-electron chi connectivity index (χ1n) is 8.29. The fourth-order valence-electron chi connectivity index (χ4n) is 3.83. The Morgan fingerprint density at radius 3 is 2.68 bits per heavy atom. The van der Waals surface area contributed by atoms with Gasteiger partial charge >= 0.3 is 0 Å². The van der Waals surface area contributed by atoms with E-state index < -0.39 is 0 Å². The monoisotopic (exact) mass is 268 g/mol. The van der Waals surface area contributed by atoms with Crippen molar-refractivity contribution in [1.82, 2.24) is 10.2 Å². The lowest BCUT2D eigenvalue weighted by atomic mass is 9.80. The summed E-state index contributed by atoms with van der Waals surface area (Å²) in [6.45, 7) is 7.74. The maximum Gasteiger partial charge on any atom is 0.0702 e. The van der Waals surface area contributed by atoms with Gasteiger partial charge in [0.25, 0.3) is 0 Å². The Labute approximate surface area is 119 Å². The van der Waals surface area contributed by atoms with Crippen molar-refractivity contribution in [2.75, 3.05) is 26.7 Å². The van der Waals surface area contributed by atoms with Crippen LogP contribution in [0.2, 0.25) is 0 Å². The highest BCUT2D eigenvalue weighted by Gasteiger charge is 2.33. The van der Waals surface area contributed by atoms with Crippen LogP contribution in [0.1, 0.15) is 52.4 Å². The number of hydrogen-bond donors (Lipinski definition) is 1. The Morgan fingerprint density at radius 2 is 2.05 bits per heavy atom. The van der Waals surface area contributed by atoms with Crippen LogP contribution in [0, 0.1) is 5.92 Å². The highest BCUT2D eigenvalue weighted by molar-refractivity contribution is 4.90. The van der Waals surface area contributed by atoms with Crippen LogP contribution in [0.25, 0.3) is 0 Å². The molecule has 0 radical (unpaired) electrons. The highest BCUT2D eigenvalue weighted by Crippen LogP contribution is 2.30. The summed E-state index contributed by atoms with van der Waals surface area (Å²) in [5, 5.41) is 3.70. The van der Waals surface area contributed by atoms with Gasteiger partial charge in [-0.2, -0.15) is 0 Å². The number of rotatable bonds is 6. The number of likely N-dealkylation sites (N-methyl/N-ethyl adjacent to an activating group) is 2. The average Bonchev–Trinajstić information content (AvgIpc) is 2.92. The van der Waals surface area contributed by atoms with Gasteiger partial charge in [0, 0.05) is 25.2 Å². The van der Waals surface area contributed by atoms with Crippen LogP contribution in [0.15, 0.2) is 0 Å². The molecule has 112 valence electrons. The second-order valence-electron chi connectivity index (χ2n) is 6.39. The minimum atomic E-state index is 0.481. The molecule has 2 aliphatic rings. The van der Waals surface area contributed by atoms with Crippen LogP contribution < -0.4 is 5.32 Å². The third kappa shape index (κ3) is 4.17. The van der Waals surface area contributed by atoms with E-state index in [0.29, 0.717) is 18.2 Å². The van der Waals surface area contributed by atoms with Crippen LogP contribution >= 0.6 is 0 Å². The molecule has 1 aliphatic heterocycles. The van der Waals surface area contributed by atoms with Crippen molar-refractivity contribution in [1.29, 1.82) is 0 Å². The van der Waals surface area contributed by atoms with Gasteiger partial charge in [0.2, 0.25) is 0 Å². The van der Waals surface area contributed by atoms with E-state index in [2.05, 4.69) is 31.1 Å². The zero-order valence-corrected chi connectivity index (χ0v) is 13.0. The van der Waals surface area contributed by atoms with Gasteiger partial charge < -0.3 is 10.1 Å². The molecular weight excluding hydrogens is 236 g/mol. The van der Waals surface area contributed by atoms with Crippen LogP contribution in [0.3, 0.4) is 0 Å². The molecule has 1 saturated carbocycles. The predicted molar refractivity (Wildman–Crippen MR) is 80.5 cm³/mol. The number of hydrogen-bond acceptors (Lipinski definition) is 3. The van der Waals surface area contributed by atoms with Gasteiger partial charge in [-0.15, -0.1) is 0 Å². The Balaban J connectivity index is 1.90. The van der Waals surface area contributed by atoms with Gasteiger partial charge in [-0.05, 0) is 51.6 Å². The minimum absolute atomic E-state index is 0.481. The van der Waals surface area contributed by atoms with Crippen LogP contribution in [0.4, 0.5) is 0 Å². The summed E-state index contributed by atoms with van der Waals surface area (Å²) in [7, 11) is 2.30. The molecular formula is C16H32N2O. The first-order valence-corrected chi connectivity index (χ1v) is 8.29. The Hall–Kier alpha value is -0.120. The van der Waals surface area contributed by atoms with E-state index in [-0.39, 0.29) is 0 Å². The second kappa shape index (κ2) is 7.61. The lowest BCUT2D eigenvalue weighted by Crippen LogP contribution is -2.53. The van der Waals surface area contributed by atoms with E-state index in [1.165, 1.54) is 38.5 Å². The Bertz CT molecular complexity index is 253. The van der Waals surface area contributed by atoms with Gasteiger partial charge in [0.1, 0.15) is 0 Å². The normalized spacial score (nSPS) is 36.0. The smallest absolute Gasteiger partial charge is 0.0702 e. The largest absolute Gasteiger partial charge is 0.377 e. The SMILES string of the molecule is CCNC1CCC(CC)CC1N(C)CC1CCCO1. The fourth-order valence-corrected chi connectivity index (χ4v) is 3.83. The molecule has 1 saturated heterocycles. The summed E-state index contributed by atoms with van der Waals surface area (Å²) in [6.07, 6.45) is 8.41. The van der Waals surface area contributed by atoms with E-state index in [1.54, 1.807) is 0 Å². The van der Waals surface area contributed by atoms with Gasteiger partial charge in [-0.1, -0.05) is 20.3 Å². The summed E-state index contributed by atoms with van der Waals surface area (Å²) in [5.74, 6) is 0.923. The molecule has 0 spiro atoms. The Morgan fingerprint density at radius 1 is 1.21 bits per heavy atom. The van der Waals surface area contributed by atoms with E-state index in [4.69, 9.17) is 4.74 Å². The van der Waals surface area contributed by atoms with Gasteiger partial charge in [-0.25, -0.2) is 0 Å². The van der Waals surface area contributed by atoms with Crippen LogP contribution in [-0.4, -0.2) is 49.8 Å². The van der Waals surface area contributed by atoms with Crippen LogP contribution in [-0.2, 0) is 4.74 Å². The zero-order chi connectivity index (χ0) is 13.7. The molecule has 0 aromatic carbocycles. The molecule has 0 aromatic rings. The molecule has 0 amide bonds. The number of ether oxygens (including phenoxy) is 1. The van der Waals surface area contributed by atoms with Gasteiger partial charge in [0.15, 0.2) is 0 Å². The zero-order valence-electron chi connectivity index (χ0n) is 13.0. The molecule has 1 aliphatic carbocycles. The summed E-state index contributed by atoms with van der Waals surface area (Å²) in [5.41, 5.74) is 0. The molecule has 0 aromatic heterocycles. The lowest BCUT2D eigenvalue weighted by molar-refractivity contribution is 0.0444. The van der Waals surface area contributed by atoms with Crippen molar-refractivity contribution in [3.05, 3.63) is 0 Å². The van der Waals surface area contributed by atoms with Crippen molar-refractivity contribution in [3.63, 3.8) is 0 Å². The van der Waals surface area contributed by atoms with Crippen molar-refractivity contribution in [2.24, 2.45) is 5.92 Å². The fraction of sp³-hybridized carbons (Fsp3) is 1.00. The number of nitrogens with zero attached hydrogens (tertiary/aromatic N) is 1. The maximum atomic E-state index is 5.80.